The third-order valence-electron chi connectivity index (χ3n) is 4.66. The third-order valence-corrected chi connectivity index (χ3v) is 6.17. The fourth-order valence-corrected chi connectivity index (χ4v) is 4.73. The number of aryl methyl sites for hydroxylation is 2. The predicted octanol–water partition coefficient (Wildman–Crippen LogP) is 2.78. The van der Waals surface area contributed by atoms with E-state index in [9.17, 15) is 9.59 Å². The van der Waals surface area contributed by atoms with Crippen LogP contribution in [0.4, 0.5) is 0 Å². The summed E-state index contributed by atoms with van der Waals surface area (Å²) in [7, 11) is 0. The Kier molecular flexibility index (Phi) is 5.65. The highest BCUT2D eigenvalue weighted by atomic mass is 35.5. The van der Waals surface area contributed by atoms with Gasteiger partial charge in [-0.05, 0) is 25.5 Å². The minimum Gasteiger partial charge on any atom is -0.480 e. The van der Waals surface area contributed by atoms with Gasteiger partial charge in [0.25, 0.3) is 0 Å². The van der Waals surface area contributed by atoms with Crippen molar-refractivity contribution < 1.29 is 14.7 Å². The van der Waals surface area contributed by atoms with Crippen LogP contribution in [0.1, 0.15) is 34.1 Å². The number of rotatable bonds is 6. The Morgan fingerprint density at radius 2 is 2.07 bits per heavy atom. The monoisotopic (exact) mass is 443 g/mol. The van der Waals surface area contributed by atoms with E-state index >= 15 is 0 Å². The summed E-state index contributed by atoms with van der Waals surface area (Å²) in [4.78, 5) is 28.3. The summed E-state index contributed by atoms with van der Waals surface area (Å²) in [6, 6.07) is 9.56. The number of amides is 1. The van der Waals surface area contributed by atoms with Crippen LogP contribution in [-0.2, 0) is 22.6 Å². The molecule has 3 heterocycles. The first kappa shape index (κ1) is 20.2. The second-order valence-electron chi connectivity index (χ2n) is 6.75. The summed E-state index contributed by atoms with van der Waals surface area (Å²) in [6.45, 7) is 1.89. The third kappa shape index (κ3) is 3.99. The number of aromatic nitrogens is 3. The quantitative estimate of drug-likeness (QED) is 0.608. The van der Waals surface area contributed by atoms with Gasteiger partial charge in [-0.15, -0.1) is 21.5 Å². The van der Waals surface area contributed by atoms with Crippen LogP contribution < -0.4 is 5.32 Å². The molecule has 1 amide bonds. The topological polar surface area (TPSA) is 109 Å². The van der Waals surface area contributed by atoms with Gasteiger partial charge in [0.05, 0.1) is 5.71 Å². The predicted molar refractivity (Wildman–Crippen MR) is 114 cm³/mol. The molecule has 1 aliphatic heterocycles. The number of nitrogens with zero attached hydrogens (tertiary/aromatic N) is 4. The van der Waals surface area contributed by atoms with Gasteiger partial charge in [0, 0.05) is 27.4 Å². The molecular weight excluding hydrogens is 426 g/mol. The first-order valence-electron chi connectivity index (χ1n) is 9.26. The maximum atomic E-state index is 11.9. The Bertz CT molecular complexity index is 1170. The van der Waals surface area contributed by atoms with Gasteiger partial charge < -0.3 is 10.4 Å². The smallest absolute Gasteiger partial charge is 0.322 e. The fraction of sp³-hybridized carbons (Fsp3) is 0.250. The van der Waals surface area contributed by atoms with Crippen molar-refractivity contribution in [3.63, 3.8) is 0 Å². The van der Waals surface area contributed by atoms with E-state index in [-0.39, 0.29) is 18.9 Å². The molecule has 8 nitrogen and oxygen atoms in total. The highest BCUT2D eigenvalue weighted by Crippen LogP contribution is 2.34. The average Bonchev–Trinajstić information content (AvgIpc) is 3.25. The standard InChI is InChI=1S/C20H18ClN5O3S/c1-11-24-25-16-9-23-19(13-4-2-3-5-15(13)21)14-8-12(30-20(14)26(11)16)6-7-17(27)22-10-18(28)29/h2-5,8H,6-7,9-10H2,1H3,(H,22,27)(H,28,29). The van der Waals surface area contributed by atoms with Crippen molar-refractivity contribution in [1.82, 2.24) is 20.1 Å². The van der Waals surface area contributed by atoms with Crippen molar-refractivity contribution in [3.8, 4) is 5.00 Å². The molecular formula is C20H18ClN5O3S. The molecule has 4 rings (SSSR count). The van der Waals surface area contributed by atoms with Crippen LogP contribution >= 0.6 is 22.9 Å². The van der Waals surface area contributed by atoms with Gasteiger partial charge in [-0.2, -0.15) is 0 Å². The molecule has 0 bridgehead atoms. The molecule has 0 fully saturated rings. The lowest BCUT2D eigenvalue weighted by Crippen LogP contribution is -2.29. The number of thiophene rings is 1. The van der Waals surface area contributed by atoms with Crippen LogP contribution in [0.15, 0.2) is 35.3 Å². The number of hydrogen-bond donors (Lipinski definition) is 2. The number of fused-ring (bicyclic) bond motifs is 3. The zero-order chi connectivity index (χ0) is 21.3. The van der Waals surface area contributed by atoms with E-state index in [0.717, 1.165) is 38.4 Å². The number of nitrogens with one attached hydrogen (secondary N) is 1. The molecule has 0 radical (unpaired) electrons. The van der Waals surface area contributed by atoms with E-state index < -0.39 is 5.97 Å². The van der Waals surface area contributed by atoms with Crippen molar-refractivity contribution in [2.75, 3.05) is 6.54 Å². The molecule has 10 heteroatoms. The second kappa shape index (κ2) is 8.37. The maximum Gasteiger partial charge on any atom is 0.322 e. The lowest BCUT2D eigenvalue weighted by molar-refractivity contribution is -0.137. The molecule has 0 spiro atoms. The summed E-state index contributed by atoms with van der Waals surface area (Å²) >= 11 is 7.99. The Hall–Kier alpha value is -3.04. The lowest BCUT2D eigenvalue weighted by Gasteiger charge is -2.08. The number of carbonyl (C=O) groups is 2. The first-order chi connectivity index (χ1) is 14.4. The molecule has 30 heavy (non-hydrogen) atoms. The molecule has 0 saturated heterocycles. The number of carbonyl (C=O) groups excluding carboxylic acids is 1. The summed E-state index contributed by atoms with van der Waals surface area (Å²) < 4.78 is 1.99. The van der Waals surface area contributed by atoms with Gasteiger partial charge in [0.15, 0.2) is 5.82 Å². The van der Waals surface area contributed by atoms with Crippen molar-refractivity contribution in [2.24, 2.45) is 4.99 Å². The second-order valence-corrected chi connectivity index (χ2v) is 8.27. The number of benzene rings is 1. The minimum atomic E-state index is -1.07. The lowest BCUT2D eigenvalue weighted by atomic mass is 10.0. The number of hydrogen-bond acceptors (Lipinski definition) is 6. The van der Waals surface area contributed by atoms with E-state index in [2.05, 4.69) is 15.5 Å². The molecule has 154 valence electrons. The summed E-state index contributed by atoms with van der Waals surface area (Å²) in [6.07, 6.45) is 0.675. The van der Waals surface area contributed by atoms with E-state index in [1.54, 1.807) is 11.3 Å². The highest BCUT2D eigenvalue weighted by Gasteiger charge is 2.25. The van der Waals surface area contributed by atoms with Crippen LogP contribution in [0.2, 0.25) is 5.02 Å². The van der Waals surface area contributed by atoms with Gasteiger partial charge in [-0.25, -0.2) is 0 Å². The first-order valence-corrected chi connectivity index (χ1v) is 10.5. The molecule has 1 aromatic carbocycles. The van der Waals surface area contributed by atoms with E-state index in [1.807, 2.05) is 41.8 Å². The van der Waals surface area contributed by atoms with Crippen molar-refractivity contribution >= 4 is 40.5 Å². The zero-order valence-electron chi connectivity index (χ0n) is 16.1. The molecule has 0 saturated carbocycles. The Morgan fingerprint density at radius 3 is 2.83 bits per heavy atom. The maximum absolute atomic E-state index is 11.9. The van der Waals surface area contributed by atoms with Crippen molar-refractivity contribution in [1.29, 1.82) is 0 Å². The van der Waals surface area contributed by atoms with Crippen LogP contribution in [-0.4, -0.2) is 44.0 Å². The largest absolute Gasteiger partial charge is 0.480 e. The van der Waals surface area contributed by atoms with Crippen molar-refractivity contribution in [2.45, 2.75) is 26.3 Å². The molecule has 3 aromatic rings. The molecule has 0 aliphatic carbocycles. The summed E-state index contributed by atoms with van der Waals surface area (Å²) in [5.74, 6) is 0.127. The minimum absolute atomic E-state index is 0.194. The number of aliphatic imine (C=N–C) groups is 1. The average molecular weight is 444 g/mol. The summed E-state index contributed by atoms with van der Waals surface area (Å²) in [5.41, 5.74) is 2.52. The molecule has 0 atom stereocenters. The number of carboxylic acids is 1. The molecule has 1 aliphatic rings. The Labute approximate surface area is 181 Å². The van der Waals surface area contributed by atoms with Gasteiger partial charge in [-0.1, -0.05) is 29.8 Å². The molecule has 0 unspecified atom stereocenters. The van der Waals surface area contributed by atoms with E-state index in [1.165, 1.54) is 0 Å². The van der Waals surface area contributed by atoms with Gasteiger partial charge in [0.1, 0.15) is 23.9 Å². The van der Waals surface area contributed by atoms with Crippen LogP contribution in [0, 0.1) is 6.92 Å². The van der Waals surface area contributed by atoms with E-state index in [4.69, 9.17) is 21.7 Å². The van der Waals surface area contributed by atoms with Gasteiger partial charge in [0.2, 0.25) is 5.91 Å². The highest BCUT2D eigenvalue weighted by molar-refractivity contribution is 7.15. The van der Waals surface area contributed by atoms with Gasteiger partial charge in [-0.3, -0.25) is 19.1 Å². The molecule has 2 aromatic heterocycles. The van der Waals surface area contributed by atoms with Crippen molar-refractivity contribution in [3.05, 3.63) is 63.0 Å². The Morgan fingerprint density at radius 1 is 1.27 bits per heavy atom. The Balaban J connectivity index is 1.69. The fourth-order valence-electron chi connectivity index (χ4n) is 3.28. The normalized spacial score (nSPS) is 12.5. The summed E-state index contributed by atoms with van der Waals surface area (Å²) in [5, 5.41) is 21.1. The van der Waals surface area contributed by atoms with Crippen LogP contribution in [0.25, 0.3) is 5.00 Å². The number of carboxylic acid groups (broad SMARTS) is 1. The molecule has 2 N–H and O–H groups in total. The van der Waals surface area contributed by atoms with Crippen LogP contribution in [0.5, 0.6) is 0 Å². The SMILES string of the molecule is Cc1nnc2n1-c1sc(CCC(=O)NCC(=O)O)cc1C(c1ccccc1Cl)=NC2. The van der Waals surface area contributed by atoms with Gasteiger partial charge >= 0.3 is 5.97 Å². The number of halogens is 1. The zero-order valence-corrected chi connectivity index (χ0v) is 17.6. The van der Waals surface area contributed by atoms with Crippen LogP contribution in [0.3, 0.4) is 0 Å². The van der Waals surface area contributed by atoms with E-state index in [0.29, 0.717) is 18.0 Å². The number of aliphatic carboxylic acids is 1.